The van der Waals surface area contributed by atoms with Crippen molar-refractivity contribution >= 4 is 5.91 Å². The smallest absolute Gasteiger partial charge is 0.253 e. The van der Waals surface area contributed by atoms with Crippen molar-refractivity contribution in [2.45, 2.75) is 0 Å². The standard InChI is InChI=1S/C20H18N4O2/c1-23(11-12-26-19-8-2-5-16(13-19)15-21)20(25)17-6-3-7-18(14-17)24-10-4-9-22-24/h2-10,13-14H,11-12H2,1H3. The van der Waals surface area contributed by atoms with Crippen molar-refractivity contribution in [3.05, 3.63) is 78.1 Å². The van der Waals surface area contributed by atoms with E-state index in [4.69, 9.17) is 10.00 Å². The molecule has 1 heterocycles. The predicted molar refractivity (Wildman–Crippen MR) is 97.2 cm³/mol. The highest BCUT2D eigenvalue weighted by Gasteiger charge is 2.12. The van der Waals surface area contributed by atoms with E-state index in [1.165, 1.54) is 0 Å². The van der Waals surface area contributed by atoms with Crippen molar-refractivity contribution in [1.82, 2.24) is 14.7 Å². The lowest BCUT2D eigenvalue weighted by molar-refractivity contribution is 0.0773. The molecule has 0 atom stereocenters. The summed E-state index contributed by atoms with van der Waals surface area (Å²) in [6, 6.07) is 18.2. The van der Waals surface area contributed by atoms with Gasteiger partial charge in [0.1, 0.15) is 12.4 Å². The number of hydrogen-bond acceptors (Lipinski definition) is 4. The Morgan fingerprint density at radius 2 is 2.08 bits per heavy atom. The zero-order chi connectivity index (χ0) is 18.4. The molecule has 6 nitrogen and oxygen atoms in total. The van der Waals surface area contributed by atoms with Crippen molar-refractivity contribution in [3.8, 4) is 17.5 Å². The molecule has 0 unspecified atom stereocenters. The Bertz CT molecular complexity index is 929. The van der Waals surface area contributed by atoms with Gasteiger partial charge in [-0.25, -0.2) is 4.68 Å². The van der Waals surface area contributed by atoms with Gasteiger partial charge in [0, 0.05) is 25.0 Å². The van der Waals surface area contributed by atoms with E-state index in [1.807, 2.05) is 30.5 Å². The van der Waals surface area contributed by atoms with Crippen LogP contribution < -0.4 is 4.74 Å². The molecular weight excluding hydrogens is 328 g/mol. The first-order valence-corrected chi connectivity index (χ1v) is 8.16. The molecule has 0 saturated carbocycles. The average molecular weight is 346 g/mol. The van der Waals surface area contributed by atoms with Gasteiger partial charge in [-0.05, 0) is 42.5 Å². The average Bonchev–Trinajstić information content (AvgIpc) is 3.22. The molecule has 3 aromatic rings. The van der Waals surface area contributed by atoms with Crippen molar-refractivity contribution in [2.75, 3.05) is 20.2 Å². The summed E-state index contributed by atoms with van der Waals surface area (Å²) in [6.45, 7) is 0.775. The number of nitriles is 1. The van der Waals surface area contributed by atoms with E-state index in [-0.39, 0.29) is 5.91 Å². The highest BCUT2D eigenvalue weighted by Crippen LogP contribution is 2.13. The van der Waals surface area contributed by atoms with Crippen molar-refractivity contribution < 1.29 is 9.53 Å². The third-order valence-corrected chi connectivity index (χ3v) is 3.87. The van der Waals surface area contributed by atoms with Crippen LogP contribution in [0.4, 0.5) is 0 Å². The zero-order valence-electron chi connectivity index (χ0n) is 14.4. The van der Waals surface area contributed by atoms with Crippen LogP contribution in [-0.4, -0.2) is 40.8 Å². The first-order chi connectivity index (χ1) is 12.7. The van der Waals surface area contributed by atoms with E-state index >= 15 is 0 Å². The van der Waals surface area contributed by atoms with Gasteiger partial charge >= 0.3 is 0 Å². The van der Waals surface area contributed by atoms with Gasteiger partial charge in [-0.15, -0.1) is 0 Å². The second kappa shape index (κ2) is 7.99. The van der Waals surface area contributed by atoms with E-state index < -0.39 is 0 Å². The number of hydrogen-bond donors (Lipinski definition) is 0. The van der Waals surface area contributed by atoms with Crippen LogP contribution in [0.5, 0.6) is 5.75 Å². The van der Waals surface area contributed by atoms with Gasteiger partial charge in [-0.1, -0.05) is 12.1 Å². The first-order valence-electron chi connectivity index (χ1n) is 8.16. The second-order valence-electron chi connectivity index (χ2n) is 5.72. The number of ether oxygens (including phenoxy) is 1. The summed E-state index contributed by atoms with van der Waals surface area (Å²) in [5, 5.41) is 13.1. The number of nitrogens with zero attached hydrogens (tertiary/aromatic N) is 4. The lowest BCUT2D eigenvalue weighted by Crippen LogP contribution is -2.30. The molecule has 0 saturated heterocycles. The van der Waals surface area contributed by atoms with E-state index in [2.05, 4.69) is 11.2 Å². The Hall–Kier alpha value is -3.59. The summed E-state index contributed by atoms with van der Waals surface area (Å²) in [6.07, 6.45) is 3.52. The lowest BCUT2D eigenvalue weighted by atomic mass is 10.2. The van der Waals surface area contributed by atoms with Gasteiger partial charge in [0.2, 0.25) is 0 Å². The maximum absolute atomic E-state index is 12.6. The molecule has 0 aliphatic carbocycles. The van der Waals surface area contributed by atoms with Crippen LogP contribution in [0.2, 0.25) is 0 Å². The molecule has 6 heteroatoms. The van der Waals surface area contributed by atoms with E-state index in [1.54, 1.807) is 53.2 Å². The van der Waals surface area contributed by atoms with Crippen LogP contribution in [0, 0.1) is 11.3 Å². The van der Waals surface area contributed by atoms with Crippen LogP contribution in [0.25, 0.3) is 5.69 Å². The van der Waals surface area contributed by atoms with Gasteiger partial charge in [0.25, 0.3) is 5.91 Å². The number of carbonyl (C=O) groups is 1. The van der Waals surface area contributed by atoms with Crippen molar-refractivity contribution in [3.63, 3.8) is 0 Å². The molecule has 130 valence electrons. The molecule has 1 amide bonds. The Morgan fingerprint density at radius 1 is 1.23 bits per heavy atom. The number of amides is 1. The Kier molecular flexibility index (Phi) is 5.30. The molecular formula is C20H18N4O2. The Balaban J connectivity index is 1.59. The fourth-order valence-electron chi connectivity index (χ4n) is 2.48. The Morgan fingerprint density at radius 3 is 2.85 bits per heavy atom. The zero-order valence-corrected chi connectivity index (χ0v) is 14.4. The molecule has 1 aromatic heterocycles. The third kappa shape index (κ3) is 4.08. The largest absolute Gasteiger partial charge is 0.492 e. The minimum absolute atomic E-state index is 0.0895. The summed E-state index contributed by atoms with van der Waals surface area (Å²) < 4.78 is 7.34. The fourth-order valence-corrected chi connectivity index (χ4v) is 2.48. The highest BCUT2D eigenvalue weighted by molar-refractivity contribution is 5.94. The minimum Gasteiger partial charge on any atom is -0.492 e. The highest BCUT2D eigenvalue weighted by atomic mass is 16.5. The maximum Gasteiger partial charge on any atom is 0.253 e. The van der Waals surface area contributed by atoms with Gasteiger partial charge < -0.3 is 9.64 Å². The molecule has 2 aromatic carbocycles. The van der Waals surface area contributed by atoms with E-state index in [9.17, 15) is 4.79 Å². The molecule has 3 rings (SSSR count). The van der Waals surface area contributed by atoms with E-state index in [0.29, 0.717) is 30.0 Å². The van der Waals surface area contributed by atoms with Crippen LogP contribution in [0.3, 0.4) is 0 Å². The number of rotatable bonds is 6. The maximum atomic E-state index is 12.6. The minimum atomic E-state index is -0.0895. The summed E-state index contributed by atoms with van der Waals surface area (Å²) >= 11 is 0. The van der Waals surface area contributed by atoms with Gasteiger partial charge in [-0.2, -0.15) is 10.4 Å². The van der Waals surface area contributed by atoms with Crippen molar-refractivity contribution in [1.29, 1.82) is 5.26 Å². The molecule has 0 fully saturated rings. The van der Waals surface area contributed by atoms with Crippen LogP contribution in [0.1, 0.15) is 15.9 Å². The topological polar surface area (TPSA) is 71.2 Å². The molecule has 0 bridgehead atoms. The second-order valence-corrected chi connectivity index (χ2v) is 5.72. The summed E-state index contributed by atoms with van der Waals surface area (Å²) in [5.74, 6) is 0.527. The van der Waals surface area contributed by atoms with Crippen LogP contribution in [0.15, 0.2) is 67.0 Å². The number of aromatic nitrogens is 2. The first kappa shape index (κ1) is 17.2. The SMILES string of the molecule is CN(CCOc1cccc(C#N)c1)C(=O)c1cccc(-n2cccn2)c1. The van der Waals surface area contributed by atoms with Gasteiger partial charge in [0.15, 0.2) is 0 Å². The fraction of sp³-hybridized carbons (Fsp3) is 0.150. The lowest BCUT2D eigenvalue weighted by Gasteiger charge is -2.18. The molecule has 0 aliphatic rings. The molecule has 0 spiro atoms. The number of likely N-dealkylation sites (N-methyl/N-ethyl adjacent to an activating group) is 1. The summed E-state index contributed by atoms with van der Waals surface area (Å²) in [4.78, 5) is 14.2. The van der Waals surface area contributed by atoms with Gasteiger partial charge in [0.05, 0.1) is 23.9 Å². The monoisotopic (exact) mass is 346 g/mol. The Labute approximate surface area is 151 Å². The third-order valence-electron chi connectivity index (χ3n) is 3.87. The van der Waals surface area contributed by atoms with Crippen molar-refractivity contribution in [2.24, 2.45) is 0 Å². The summed E-state index contributed by atoms with van der Waals surface area (Å²) in [7, 11) is 1.73. The molecule has 0 N–H and O–H groups in total. The molecule has 0 aliphatic heterocycles. The quantitative estimate of drug-likeness (QED) is 0.688. The number of benzene rings is 2. The normalized spacial score (nSPS) is 10.2. The van der Waals surface area contributed by atoms with Crippen LogP contribution in [-0.2, 0) is 0 Å². The summed E-state index contributed by atoms with van der Waals surface area (Å²) in [5.41, 5.74) is 1.97. The number of carbonyl (C=O) groups excluding carboxylic acids is 1. The molecule has 0 radical (unpaired) electrons. The van der Waals surface area contributed by atoms with Gasteiger partial charge in [-0.3, -0.25) is 4.79 Å². The van der Waals surface area contributed by atoms with Crippen LogP contribution >= 0.6 is 0 Å². The predicted octanol–water partition coefficient (Wildman–Crippen LogP) is 2.89. The van der Waals surface area contributed by atoms with E-state index in [0.717, 1.165) is 5.69 Å². The molecule has 26 heavy (non-hydrogen) atoms.